The summed E-state index contributed by atoms with van der Waals surface area (Å²) in [7, 11) is -4.71. The molecule has 0 radical (unpaired) electrons. The predicted octanol–water partition coefficient (Wildman–Crippen LogP) is 9.49. The lowest BCUT2D eigenvalue weighted by atomic mass is 10.1. The van der Waals surface area contributed by atoms with Crippen molar-refractivity contribution in [3.63, 3.8) is 0 Å². The molecule has 5 N–H and O–H groups in total. The number of esters is 2. The number of allylic oxidation sites excluding steroid dienone is 17. The van der Waals surface area contributed by atoms with Crippen LogP contribution in [0.1, 0.15) is 117 Å². The maximum Gasteiger partial charge on any atom is 0.472 e. The number of ether oxygens (including phenoxy) is 2. The Labute approximate surface area is 365 Å². The van der Waals surface area contributed by atoms with Gasteiger partial charge in [-0.3, -0.25) is 18.6 Å². The molecule has 0 aromatic carbocycles. The van der Waals surface area contributed by atoms with Crippen molar-refractivity contribution in [1.82, 2.24) is 0 Å². The Hall–Kier alpha value is -3.71. The lowest BCUT2D eigenvalue weighted by Crippen LogP contribution is -2.29. The molecule has 0 spiro atoms. The molecule has 344 valence electrons. The van der Waals surface area contributed by atoms with E-state index in [1.807, 2.05) is 24.3 Å². The number of rotatable bonds is 38. The molecule has 61 heavy (non-hydrogen) atoms. The minimum Gasteiger partial charge on any atom is -0.462 e. The molecule has 0 aromatic heterocycles. The summed E-state index contributed by atoms with van der Waals surface area (Å²) in [6.07, 6.45) is 46.6. The van der Waals surface area contributed by atoms with Crippen LogP contribution in [0.15, 0.2) is 122 Å². The lowest BCUT2D eigenvalue weighted by Gasteiger charge is -2.20. The molecule has 1 unspecified atom stereocenters. The van der Waals surface area contributed by atoms with Crippen LogP contribution in [0.3, 0.4) is 0 Å². The number of carbonyl (C=O) groups excluding carboxylic acids is 2. The molecule has 12 nitrogen and oxygen atoms in total. The number of hydrogen-bond acceptors (Lipinski definition) is 11. The molecule has 0 saturated carbocycles. The van der Waals surface area contributed by atoms with Gasteiger partial charge in [-0.2, -0.15) is 0 Å². The average molecular weight is 875 g/mol. The first-order chi connectivity index (χ1) is 29.5. The summed E-state index contributed by atoms with van der Waals surface area (Å²) < 4.78 is 32.4. The number of unbranched alkanes of at least 4 members (excludes halogenated alkanes) is 3. The quantitative estimate of drug-likeness (QED) is 0.0130. The highest BCUT2D eigenvalue weighted by atomic mass is 31.2. The number of hydrogen-bond donors (Lipinski definition) is 5. The minimum absolute atomic E-state index is 0.00171. The largest absolute Gasteiger partial charge is 0.472 e. The molecule has 0 bridgehead atoms. The molecule has 0 aliphatic rings. The summed E-state index contributed by atoms with van der Waals surface area (Å²) in [4.78, 5) is 35.0. The van der Waals surface area contributed by atoms with Crippen molar-refractivity contribution in [2.24, 2.45) is 0 Å². The van der Waals surface area contributed by atoms with Gasteiger partial charge in [-0.1, -0.05) is 148 Å². The van der Waals surface area contributed by atoms with Crippen LogP contribution in [0, 0.1) is 0 Å². The summed E-state index contributed by atoms with van der Waals surface area (Å²) in [5.41, 5.74) is 0. The molecular weight excluding hydrogens is 799 g/mol. The van der Waals surface area contributed by atoms with E-state index < -0.39 is 70.6 Å². The fourth-order valence-electron chi connectivity index (χ4n) is 4.92. The van der Waals surface area contributed by atoms with Gasteiger partial charge in [0.15, 0.2) is 6.10 Å². The van der Waals surface area contributed by atoms with Gasteiger partial charge < -0.3 is 34.8 Å². The standard InChI is InChI=1S/C48H75O12P/c1-3-5-7-9-11-12-13-14-15-16-17-18-19-20-21-22-23-25-31-37-48(54)60-46(42-59-61(55,56)58-40-45(52)39-49)41-57-47(53)38-32-36-44(51)35-30-27-26-29-34-43(50)33-28-24-10-8-6-4-2/h5,7,11-12,14-15,17-18,20-21,23-30,34-35,43-46,49-52H,3-4,6,8-10,13,16,19,22,31-33,36-42H2,1-2H3,(H,55,56)/b7-5-,12-11-,15-14-,18-17-,21-20-,25-23-,27-26+,28-24-,34-29+,35-30-/t43-,44-,45+,46-/m1/s1. The summed E-state index contributed by atoms with van der Waals surface area (Å²) >= 11 is 0. The van der Waals surface area contributed by atoms with Gasteiger partial charge in [0, 0.05) is 12.8 Å². The van der Waals surface area contributed by atoms with Crippen molar-refractivity contribution in [3.8, 4) is 0 Å². The van der Waals surface area contributed by atoms with E-state index in [4.69, 9.17) is 19.1 Å². The van der Waals surface area contributed by atoms with Crippen molar-refractivity contribution in [1.29, 1.82) is 0 Å². The zero-order valence-corrected chi connectivity index (χ0v) is 37.4. The maximum atomic E-state index is 12.6. The fourth-order valence-corrected chi connectivity index (χ4v) is 5.71. The summed E-state index contributed by atoms with van der Waals surface area (Å²) in [5, 5.41) is 38.6. The maximum absolute atomic E-state index is 12.6. The Kier molecular flexibility index (Phi) is 39.1. The summed E-state index contributed by atoms with van der Waals surface area (Å²) in [5.74, 6) is -1.28. The van der Waals surface area contributed by atoms with Crippen molar-refractivity contribution < 1.29 is 58.0 Å². The third-order valence-corrected chi connectivity index (χ3v) is 9.25. The highest BCUT2D eigenvalue weighted by Crippen LogP contribution is 2.43. The Morgan fingerprint density at radius 3 is 1.70 bits per heavy atom. The minimum atomic E-state index is -4.71. The number of phosphoric acid groups is 1. The average Bonchev–Trinajstić information content (AvgIpc) is 3.24. The molecule has 5 atom stereocenters. The molecule has 0 aromatic rings. The Morgan fingerprint density at radius 2 is 1.13 bits per heavy atom. The van der Waals surface area contributed by atoms with E-state index in [1.165, 1.54) is 12.8 Å². The molecule has 0 aliphatic heterocycles. The van der Waals surface area contributed by atoms with Crippen LogP contribution in [0.4, 0.5) is 0 Å². The second-order valence-corrected chi connectivity index (χ2v) is 15.5. The van der Waals surface area contributed by atoms with Crippen LogP contribution in [0.5, 0.6) is 0 Å². The van der Waals surface area contributed by atoms with E-state index in [9.17, 15) is 34.4 Å². The van der Waals surface area contributed by atoms with Crippen LogP contribution in [0.25, 0.3) is 0 Å². The third-order valence-electron chi connectivity index (χ3n) is 8.30. The van der Waals surface area contributed by atoms with Crippen LogP contribution in [-0.2, 0) is 32.7 Å². The Bertz CT molecular complexity index is 1460. The van der Waals surface area contributed by atoms with E-state index in [-0.39, 0.29) is 19.3 Å². The van der Waals surface area contributed by atoms with Crippen molar-refractivity contribution in [2.75, 3.05) is 26.4 Å². The third kappa shape index (κ3) is 41.4. The fraction of sp³-hybridized carbons (Fsp3) is 0.542. The first-order valence-corrected chi connectivity index (χ1v) is 23.2. The van der Waals surface area contributed by atoms with E-state index in [2.05, 4.69) is 79.1 Å². The Balaban J connectivity index is 4.70. The van der Waals surface area contributed by atoms with E-state index in [0.717, 1.165) is 44.9 Å². The number of carbonyl (C=O) groups is 2. The first-order valence-electron chi connectivity index (χ1n) is 21.7. The lowest BCUT2D eigenvalue weighted by molar-refractivity contribution is -0.161. The second-order valence-electron chi connectivity index (χ2n) is 14.0. The molecule has 0 heterocycles. The van der Waals surface area contributed by atoms with Crippen LogP contribution in [0.2, 0.25) is 0 Å². The zero-order valence-electron chi connectivity index (χ0n) is 36.5. The molecule has 0 rings (SSSR count). The van der Waals surface area contributed by atoms with E-state index in [1.54, 1.807) is 36.5 Å². The van der Waals surface area contributed by atoms with Gasteiger partial charge in [0.05, 0.1) is 32.0 Å². The molecule has 0 aliphatic carbocycles. The van der Waals surface area contributed by atoms with Gasteiger partial charge in [0.2, 0.25) is 0 Å². The molecule has 13 heteroatoms. The van der Waals surface area contributed by atoms with Gasteiger partial charge in [-0.05, 0) is 77.0 Å². The summed E-state index contributed by atoms with van der Waals surface area (Å²) in [6.45, 7) is 1.80. The Morgan fingerprint density at radius 1 is 0.590 bits per heavy atom. The predicted molar refractivity (Wildman–Crippen MR) is 244 cm³/mol. The highest BCUT2D eigenvalue weighted by Gasteiger charge is 2.27. The summed E-state index contributed by atoms with van der Waals surface area (Å²) in [6, 6.07) is 0. The molecule has 0 saturated heterocycles. The highest BCUT2D eigenvalue weighted by molar-refractivity contribution is 7.47. The molecule has 0 amide bonds. The molecule has 0 fully saturated rings. The van der Waals surface area contributed by atoms with Gasteiger partial charge in [-0.25, -0.2) is 4.57 Å². The van der Waals surface area contributed by atoms with Gasteiger partial charge in [-0.15, -0.1) is 0 Å². The van der Waals surface area contributed by atoms with Gasteiger partial charge in [0.25, 0.3) is 0 Å². The smallest absolute Gasteiger partial charge is 0.462 e. The number of aliphatic hydroxyl groups excluding tert-OH is 4. The number of aliphatic hydroxyl groups is 4. The van der Waals surface area contributed by atoms with Crippen molar-refractivity contribution >= 4 is 19.8 Å². The number of phosphoric ester groups is 1. The first kappa shape index (κ1) is 57.3. The monoisotopic (exact) mass is 874 g/mol. The second kappa shape index (κ2) is 41.6. The normalized spacial score (nSPS) is 16.0. The molecular formula is C48H75O12P. The van der Waals surface area contributed by atoms with E-state index in [0.29, 0.717) is 25.7 Å². The van der Waals surface area contributed by atoms with Gasteiger partial charge >= 0.3 is 19.8 Å². The van der Waals surface area contributed by atoms with Crippen molar-refractivity contribution in [2.45, 2.75) is 141 Å². The van der Waals surface area contributed by atoms with Crippen molar-refractivity contribution in [3.05, 3.63) is 122 Å². The van der Waals surface area contributed by atoms with Crippen LogP contribution in [-0.4, -0.2) is 88.1 Å². The topological polar surface area (TPSA) is 189 Å². The van der Waals surface area contributed by atoms with Crippen LogP contribution >= 0.6 is 7.82 Å². The van der Waals surface area contributed by atoms with E-state index >= 15 is 0 Å². The SMILES string of the molecule is CC/C=C\C/C=C\C/C=C\C/C=C\C/C=C\C/C=C\CCC(=O)O[C@H](COC(=O)CCC[C@H](O)\C=C/C=C/C=C/[C@H](O)C/C=C\CCCCC)COP(=O)(O)OC[C@@H](O)CO. The van der Waals surface area contributed by atoms with Gasteiger partial charge in [0.1, 0.15) is 12.7 Å². The van der Waals surface area contributed by atoms with Crippen LogP contribution < -0.4 is 0 Å². The zero-order chi connectivity index (χ0) is 45.1.